The number of carbonyl (C=O) groups is 2. The van der Waals surface area contributed by atoms with E-state index in [-0.39, 0.29) is 36.6 Å². The van der Waals surface area contributed by atoms with Crippen molar-refractivity contribution in [1.29, 1.82) is 0 Å². The van der Waals surface area contributed by atoms with Crippen molar-refractivity contribution < 1.29 is 32.2 Å². The van der Waals surface area contributed by atoms with E-state index in [1.807, 2.05) is 9.80 Å². The smallest absolute Gasteiger partial charge is 0.418 e. The van der Waals surface area contributed by atoms with Gasteiger partial charge in [-0.2, -0.15) is 13.2 Å². The Morgan fingerprint density at radius 1 is 0.886 bits per heavy atom. The number of ether oxygens (including phenoxy) is 2. The summed E-state index contributed by atoms with van der Waals surface area (Å²) >= 11 is 0. The van der Waals surface area contributed by atoms with E-state index >= 15 is 0 Å². The Labute approximate surface area is 251 Å². The number of benzene rings is 3. The van der Waals surface area contributed by atoms with Crippen molar-refractivity contribution in [1.82, 2.24) is 19.4 Å². The summed E-state index contributed by atoms with van der Waals surface area (Å²) in [6, 6.07) is 20.1. The first-order valence-corrected chi connectivity index (χ1v) is 14.2. The van der Waals surface area contributed by atoms with Gasteiger partial charge in [-0.3, -0.25) is 24.0 Å². The molecule has 0 spiro atoms. The van der Waals surface area contributed by atoms with Crippen molar-refractivity contribution in [3.63, 3.8) is 0 Å². The number of piperazine rings is 1. The van der Waals surface area contributed by atoms with Crippen LogP contribution in [-0.4, -0.2) is 70.6 Å². The van der Waals surface area contributed by atoms with Gasteiger partial charge in [0.15, 0.2) is 0 Å². The van der Waals surface area contributed by atoms with E-state index in [9.17, 15) is 27.6 Å². The van der Waals surface area contributed by atoms with Crippen LogP contribution in [0.25, 0.3) is 16.6 Å². The van der Waals surface area contributed by atoms with Crippen molar-refractivity contribution in [2.24, 2.45) is 0 Å². The average molecular weight is 609 g/mol. The van der Waals surface area contributed by atoms with Gasteiger partial charge in [-0.15, -0.1) is 0 Å². The van der Waals surface area contributed by atoms with Gasteiger partial charge in [0, 0.05) is 31.7 Å². The first-order chi connectivity index (χ1) is 21.2. The fraction of sp³-hybridized carbons (Fsp3) is 0.312. The number of aromatic nitrogens is 2. The molecular formula is C32H31F3N4O5. The SMILES string of the molecule is CCOC(=O)C(OC(=O)CN1CCN(Cc2nc3ccccc3c(=O)n2-c2ccccc2C(F)(F)F)CC1)c1ccccc1. The van der Waals surface area contributed by atoms with Gasteiger partial charge in [-0.1, -0.05) is 54.6 Å². The summed E-state index contributed by atoms with van der Waals surface area (Å²) in [6.45, 7) is 3.67. The number of esters is 2. The average Bonchev–Trinajstić information content (AvgIpc) is 3.01. The monoisotopic (exact) mass is 608 g/mol. The van der Waals surface area contributed by atoms with Crippen molar-refractivity contribution in [3.05, 3.63) is 106 Å². The third kappa shape index (κ3) is 6.98. The molecule has 0 bridgehead atoms. The predicted octanol–water partition coefficient (Wildman–Crippen LogP) is 4.37. The maximum absolute atomic E-state index is 14.0. The van der Waals surface area contributed by atoms with Gasteiger partial charge < -0.3 is 9.47 Å². The number of para-hydroxylation sites is 2. The van der Waals surface area contributed by atoms with Gasteiger partial charge in [-0.05, 0) is 31.2 Å². The first kappa shape index (κ1) is 30.9. The van der Waals surface area contributed by atoms with E-state index in [2.05, 4.69) is 4.98 Å². The molecule has 44 heavy (non-hydrogen) atoms. The molecule has 1 saturated heterocycles. The van der Waals surface area contributed by atoms with Crippen molar-refractivity contribution >= 4 is 22.8 Å². The highest BCUT2D eigenvalue weighted by atomic mass is 19.4. The minimum Gasteiger partial charge on any atom is -0.463 e. The number of hydrogen-bond donors (Lipinski definition) is 0. The Balaban J connectivity index is 1.31. The quantitative estimate of drug-likeness (QED) is 0.259. The Hall–Kier alpha value is -4.55. The molecule has 1 aliphatic rings. The van der Waals surface area contributed by atoms with Crippen LogP contribution < -0.4 is 5.56 Å². The van der Waals surface area contributed by atoms with Crippen LogP contribution in [0.3, 0.4) is 0 Å². The molecule has 230 valence electrons. The number of rotatable bonds is 9. The second-order valence-corrected chi connectivity index (χ2v) is 10.3. The molecule has 2 heterocycles. The van der Waals surface area contributed by atoms with Crippen molar-refractivity contribution in [2.75, 3.05) is 39.3 Å². The van der Waals surface area contributed by atoms with Crippen LogP contribution >= 0.6 is 0 Å². The number of fused-ring (bicyclic) bond motifs is 1. The molecule has 9 nitrogen and oxygen atoms in total. The maximum atomic E-state index is 14.0. The third-order valence-corrected chi connectivity index (χ3v) is 7.33. The molecule has 1 aliphatic heterocycles. The molecule has 3 aromatic carbocycles. The largest absolute Gasteiger partial charge is 0.463 e. The molecule has 12 heteroatoms. The molecule has 4 aromatic rings. The molecule has 1 unspecified atom stereocenters. The molecule has 1 atom stereocenters. The van der Waals surface area contributed by atoms with Crippen LogP contribution in [0, 0.1) is 0 Å². The second-order valence-electron chi connectivity index (χ2n) is 10.3. The Morgan fingerprint density at radius 3 is 2.23 bits per heavy atom. The highest BCUT2D eigenvalue weighted by Gasteiger charge is 2.35. The van der Waals surface area contributed by atoms with Crippen LogP contribution in [0.4, 0.5) is 13.2 Å². The maximum Gasteiger partial charge on any atom is 0.418 e. The number of hydrogen-bond acceptors (Lipinski definition) is 8. The summed E-state index contributed by atoms with van der Waals surface area (Å²) in [4.78, 5) is 47.3. The minimum atomic E-state index is -4.67. The fourth-order valence-corrected chi connectivity index (χ4v) is 5.20. The fourth-order valence-electron chi connectivity index (χ4n) is 5.20. The summed E-state index contributed by atoms with van der Waals surface area (Å²) in [5, 5.41) is 0.216. The van der Waals surface area contributed by atoms with Crippen LogP contribution in [0.2, 0.25) is 0 Å². The van der Waals surface area contributed by atoms with E-state index in [1.165, 1.54) is 18.2 Å². The van der Waals surface area contributed by atoms with Gasteiger partial charge in [0.2, 0.25) is 6.10 Å². The van der Waals surface area contributed by atoms with Crippen molar-refractivity contribution in [3.8, 4) is 5.69 Å². The zero-order valence-corrected chi connectivity index (χ0v) is 24.0. The lowest BCUT2D eigenvalue weighted by Gasteiger charge is -2.34. The highest BCUT2D eigenvalue weighted by molar-refractivity contribution is 5.81. The molecule has 0 amide bonds. The van der Waals surface area contributed by atoms with Crippen molar-refractivity contribution in [2.45, 2.75) is 25.7 Å². The van der Waals surface area contributed by atoms with E-state index < -0.39 is 35.3 Å². The van der Waals surface area contributed by atoms with Gasteiger partial charge in [0.05, 0.1) is 41.9 Å². The zero-order valence-electron chi connectivity index (χ0n) is 24.0. The molecule has 1 fully saturated rings. The number of carbonyl (C=O) groups excluding carboxylic acids is 2. The van der Waals surface area contributed by atoms with Crippen LogP contribution in [0.15, 0.2) is 83.7 Å². The highest BCUT2D eigenvalue weighted by Crippen LogP contribution is 2.34. The predicted molar refractivity (Wildman–Crippen MR) is 156 cm³/mol. The summed E-state index contributed by atoms with van der Waals surface area (Å²) in [6.07, 6.45) is -5.85. The summed E-state index contributed by atoms with van der Waals surface area (Å²) in [5.41, 5.74) is -0.901. The standard InChI is InChI=1S/C32H31F3N4O5/c1-2-43-31(42)29(22-10-4-3-5-11-22)44-28(40)21-38-18-16-37(17-19-38)20-27-36-25-14-8-6-12-23(25)30(41)39(27)26-15-9-7-13-24(26)32(33,34)35/h3-15,29H,2,16-21H2,1H3. The summed E-state index contributed by atoms with van der Waals surface area (Å²) in [5.74, 6) is -1.06. The Bertz CT molecular complexity index is 1690. The zero-order chi connectivity index (χ0) is 31.3. The Kier molecular flexibility index (Phi) is 9.40. The van der Waals surface area contributed by atoms with E-state index in [0.29, 0.717) is 37.3 Å². The lowest BCUT2D eigenvalue weighted by molar-refractivity contribution is -0.169. The number of alkyl halides is 3. The molecule has 0 aliphatic carbocycles. The molecule has 0 saturated carbocycles. The lowest BCUT2D eigenvalue weighted by Crippen LogP contribution is -2.48. The normalized spacial score (nSPS) is 15.2. The van der Waals surface area contributed by atoms with E-state index in [0.717, 1.165) is 10.6 Å². The Morgan fingerprint density at radius 2 is 1.52 bits per heavy atom. The number of nitrogens with zero attached hydrogens (tertiary/aromatic N) is 4. The van der Waals surface area contributed by atoms with E-state index in [1.54, 1.807) is 61.5 Å². The second kappa shape index (κ2) is 13.4. The number of halogens is 3. The van der Waals surface area contributed by atoms with Gasteiger partial charge in [0.25, 0.3) is 5.56 Å². The molecule has 5 rings (SSSR count). The third-order valence-electron chi connectivity index (χ3n) is 7.33. The topological polar surface area (TPSA) is 94.0 Å². The van der Waals surface area contributed by atoms with Crippen LogP contribution in [0.5, 0.6) is 0 Å². The van der Waals surface area contributed by atoms with Gasteiger partial charge >= 0.3 is 18.1 Å². The summed E-state index contributed by atoms with van der Waals surface area (Å²) < 4.78 is 53.5. The molecule has 0 N–H and O–H groups in total. The molecule has 1 aromatic heterocycles. The minimum absolute atomic E-state index is 0.0610. The van der Waals surface area contributed by atoms with Crippen LogP contribution in [-0.2, 0) is 31.8 Å². The van der Waals surface area contributed by atoms with Crippen LogP contribution in [0.1, 0.15) is 30.0 Å². The van der Waals surface area contributed by atoms with Gasteiger partial charge in [0.1, 0.15) is 5.82 Å². The van der Waals surface area contributed by atoms with Gasteiger partial charge in [-0.25, -0.2) is 9.78 Å². The first-order valence-electron chi connectivity index (χ1n) is 14.2. The molecule has 0 radical (unpaired) electrons. The van der Waals surface area contributed by atoms with E-state index in [4.69, 9.17) is 9.47 Å². The molecular weight excluding hydrogens is 577 g/mol. The lowest BCUT2D eigenvalue weighted by atomic mass is 10.1. The summed E-state index contributed by atoms with van der Waals surface area (Å²) in [7, 11) is 0.